The fraction of sp³-hybridized carbons (Fsp3) is 0.0667. The number of imidazole rings is 1. The number of rotatable bonds is 4. The Balaban J connectivity index is 1.77. The lowest BCUT2D eigenvalue weighted by Gasteiger charge is -2.05. The topological polar surface area (TPSA) is 91.4 Å². The van der Waals surface area contributed by atoms with Gasteiger partial charge in [0.15, 0.2) is 17.0 Å². The minimum atomic E-state index is -0.148. The Hall–Kier alpha value is -3.13. The van der Waals surface area contributed by atoms with Gasteiger partial charge in [0.25, 0.3) is 0 Å². The van der Waals surface area contributed by atoms with Crippen molar-refractivity contribution in [3.63, 3.8) is 0 Å². The van der Waals surface area contributed by atoms with Gasteiger partial charge in [-0.05, 0) is 29.8 Å². The fourth-order valence-electron chi connectivity index (χ4n) is 2.34. The van der Waals surface area contributed by atoms with Gasteiger partial charge in [0.2, 0.25) is 11.1 Å². The molecular weight excluding hydrogens is 330 g/mol. The lowest BCUT2D eigenvalue weighted by atomic mass is 10.2. The van der Waals surface area contributed by atoms with E-state index >= 15 is 0 Å². The van der Waals surface area contributed by atoms with Gasteiger partial charge in [-0.1, -0.05) is 6.07 Å². The number of hydrogen-bond donors (Lipinski definition) is 0. The Labute approximate surface area is 140 Å². The zero-order valence-electron chi connectivity index (χ0n) is 12.2. The Morgan fingerprint density at radius 1 is 1.12 bits per heavy atom. The van der Waals surface area contributed by atoms with Crippen LogP contribution in [0.5, 0.6) is 0 Å². The molecule has 0 fully saturated rings. The highest BCUT2D eigenvalue weighted by Gasteiger charge is 2.16. The van der Waals surface area contributed by atoms with Crippen LogP contribution in [0, 0.1) is 0 Å². The lowest BCUT2D eigenvalue weighted by molar-refractivity contribution is 0.0968. The summed E-state index contributed by atoms with van der Waals surface area (Å²) >= 11 is 6.02. The van der Waals surface area contributed by atoms with Crippen LogP contribution in [0.1, 0.15) is 10.5 Å². The van der Waals surface area contributed by atoms with Crippen molar-refractivity contribution >= 4 is 28.5 Å². The first-order valence-electron chi connectivity index (χ1n) is 7.05. The van der Waals surface area contributed by atoms with Crippen LogP contribution in [-0.2, 0) is 6.54 Å². The molecule has 118 valence electrons. The quantitative estimate of drug-likeness (QED) is 0.417. The number of ketones is 1. The Bertz CT molecular complexity index is 1010. The van der Waals surface area contributed by atoms with Gasteiger partial charge in [-0.15, -0.1) is 0 Å². The van der Waals surface area contributed by atoms with Crippen molar-refractivity contribution in [2.45, 2.75) is 6.54 Å². The van der Waals surface area contributed by atoms with Crippen LogP contribution in [0.3, 0.4) is 0 Å². The van der Waals surface area contributed by atoms with E-state index in [1.54, 1.807) is 52.1 Å². The number of carbonyl (C=O) groups excluding carboxylic acids is 1. The smallest absolute Gasteiger partial charge is 0.226 e. The van der Waals surface area contributed by atoms with E-state index in [9.17, 15) is 4.79 Å². The van der Waals surface area contributed by atoms with Gasteiger partial charge >= 0.3 is 0 Å². The maximum Gasteiger partial charge on any atom is 0.226 e. The summed E-state index contributed by atoms with van der Waals surface area (Å²) in [6.45, 7) is 0.0550. The van der Waals surface area contributed by atoms with Gasteiger partial charge in [0.05, 0.1) is 12.9 Å². The molecule has 4 rings (SSSR count). The van der Waals surface area contributed by atoms with Crippen LogP contribution >= 0.6 is 11.6 Å². The molecule has 0 amide bonds. The van der Waals surface area contributed by atoms with Crippen LogP contribution in [0.25, 0.3) is 17.0 Å². The van der Waals surface area contributed by atoms with Crippen LogP contribution in [0.4, 0.5) is 0 Å². The molecule has 0 atom stereocenters. The number of pyridine rings is 1. The van der Waals surface area contributed by atoms with E-state index in [4.69, 9.17) is 11.6 Å². The van der Waals surface area contributed by atoms with Crippen LogP contribution in [-0.4, -0.2) is 40.1 Å². The second-order valence-electron chi connectivity index (χ2n) is 4.95. The molecule has 0 aromatic carbocycles. The molecule has 8 nitrogen and oxygen atoms in total. The third kappa shape index (κ3) is 2.52. The van der Waals surface area contributed by atoms with Gasteiger partial charge < -0.3 is 4.57 Å². The molecule has 0 spiro atoms. The minimum absolute atomic E-state index is 0.0550. The molecule has 4 heterocycles. The van der Waals surface area contributed by atoms with Crippen molar-refractivity contribution < 1.29 is 4.79 Å². The maximum absolute atomic E-state index is 12.3. The molecule has 4 aromatic rings. The van der Waals surface area contributed by atoms with E-state index in [-0.39, 0.29) is 17.6 Å². The van der Waals surface area contributed by atoms with E-state index in [1.165, 1.54) is 6.33 Å². The zero-order valence-corrected chi connectivity index (χ0v) is 13.0. The van der Waals surface area contributed by atoms with Gasteiger partial charge in [0.1, 0.15) is 5.69 Å². The minimum Gasteiger partial charge on any atom is -0.307 e. The van der Waals surface area contributed by atoms with Crippen molar-refractivity contribution in [1.29, 1.82) is 0 Å². The number of fused-ring (bicyclic) bond motifs is 1. The van der Waals surface area contributed by atoms with Gasteiger partial charge in [-0.2, -0.15) is 15.1 Å². The van der Waals surface area contributed by atoms with E-state index in [0.29, 0.717) is 22.7 Å². The lowest BCUT2D eigenvalue weighted by Crippen LogP contribution is -2.12. The number of halogens is 1. The molecule has 0 aliphatic carbocycles. The first-order chi connectivity index (χ1) is 11.7. The Kier molecular flexibility index (Phi) is 3.51. The number of hydrogen-bond acceptors (Lipinski definition) is 6. The second-order valence-corrected chi connectivity index (χ2v) is 5.29. The van der Waals surface area contributed by atoms with E-state index in [0.717, 1.165) is 0 Å². The molecule has 9 heteroatoms. The molecule has 24 heavy (non-hydrogen) atoms. The molecule has 0 saturated heterocycles. The number of nitrogens with zero attached hydrogens (tertiary/aromatic N) is 7. The molecule has 0 unspecified atom stereocenters. The Morgan fingerprint density at radius 2 is 2.04 bits per heavy atom. The summed E-state index contributed by atoms with van der Waals surface area (Å²) in [6, 6.07) is 6.95. The summed E-state index contributed by atoms with van der Waals surface area (Å²) in [6.07, 6.45) is 6.47. The van der Waals surface area contributed by atoms with Crippen molar-refractivity contribution in [1.82, 2.24) is 34.3 Å². The highest BCUT2D eigenvalue weighted by molar-refractivity contribution is 6.28. The molecule has 0 N–H and O–H groups in total. The number of carbonyl (C=O) groups is 1. The maximum atomic E-state index is 12.3. The Morgan fingerprint density at radius 3 is 2.79 bits per heavy atom. The molecule has 0 bridgehead atoms. The number of Topliss-reactive ketones (excluding diaryl/α,β-unsaturated/α-hetero) is 1. The summed E-state index contributed by atoms with van der Waals surface area (Å²) < 4.78 is 3.17. The summed E-state index contributed by atoms with van der Waals surface area (Å²) in [5.74, 6) is 0.310. The fourth-order valence-corrected chi connectivity index (χ4v) is 2.50. The summed E-state index contributed by atoms with van der Waals surface area (Å²) in [5.41, 5.74) is 1.36. The number of aromatic nitrogens is 7. The van der Waals surface area contributed by atoms with Crippen LogP contribution in [0.15, 0.2) is 49.2 Å². The monoisotopic (exact) mass is 339 g/mol. The van der Waals surface area contributed by atoms with Gasteiger partial charge in [0, 0.05) is 18.6 Å². The van der Waals surface area contributed by atoms with Gasteiger partial charge in [-0.25, -0.2) is 9.67 Å². The van der Waals surface area contributed by atoms with Crippen LogP contribution < -0.4 is 0 Å². The van der Waals surface area contributed by atoms with Crippen LogP contribution in [0.2, 0.25) is 5.28 Å². The molecule has 4 aromatic heterocycles. The van der Waals surface area contributed by atoms with Gasteiger partial charge in [-0.3, -0.25) is 9.78 Å². The molecular formula is C15H10ClN7O. The van der Waals surface area contributed by atoms with E-state index in [2.05, 4.69) is 25.0 Å². The normalized spacial score (nSPS) is 11.0. The third-order valence-corrected chi connectivity index (χ3v) is 3.57. The summed E-state index contributed by atoms with van der Waals surface area (Å²) in [4.78, 5) is 29.1. The van der Waals surface area contributed by atoms with E-state index < -0.39 is 0 Å². The second kappa shape index (κ2) is 5.82. The SMILES string of the molecule is O=C(Cn1cnc2c(-n3cccn3)nc(Cl)nc21)c1ccccn1. The van der Waals surface area contributed by atoms with Crippen molar-refractivity contribution in [2.24, 2.45) is 0 Å². The molecule has 0 radical (unpaired) electrons. The highest BCUT2D eigenvalue weighted by atomic mass is 35.5. The summed E-state index contributed by atoms with van der Waals surface area (Å²) in [5, 5.41) is 4.19. The first-order valence-corrected chi connectivity index (χ1v) is 7.43. The van der Waals surface area contributed by atoms with Crippen molar-refractivity contribution in [3.8, 4) is 5.82 Å². The standard InChI is InChI=1S/C15H10ClN7O/c16-15-20-13-12(14(21-15)23-7-3-6-19-23)18-9-22(13)8-11(24)10-4-1-2-5-17-10/h1-7,9H,8H2. The highest BCUT2D eigenvalue weighted by Crippen LogP contribution is 2.19. The van der Waals surface area contributed by atoms with Crippen molar-refractivity contribution in [2.75, 3.05) is 0 Å². The molecule has 0 aliphatic heterocycles. The molecule has 0 saturated carbocycles. The van der Waals surface area contributed by atoms with E-state index in [1.807, 2.05) is 0 Å². The predicted molar refractivity (Wildman–Crippen MR) is 86.0 cm³/mol. The molecule has 0 aliphatic rings. The third-order valence-electron chi connectivity index (χ3n) is 3.40. The summed E-state index contributed by atoms with van der Waals surface area (Å²) in [7, 11) is 0. The van der Waals surface area contributed by atoms with Crippen molar-refractivity contribution in [3.05, 3.63) is 60.2 Å². The largest absolute Gasteiger partial charge is 0.307 e. The average Bonchev–Trinajstić information content (AvgIpc) is 3.26. The zero-order chi connectivity index (χ0) is 16.5. The average molecular weight is 340 g/mol. The predicted octanol–water partition coefficient (Wildman–Crippen LogP) is 1.94. The first kappa shape index (κ1) is 14.5.